The number of rotatable bonds is 5. The predicted octanol–water partition coefficient (Wildman–Crippen LogP) is 5.70. The van der Waals surface area contributed by atoms with E-state index >= 15 is 0 Å². The Balaban J connectivity index is 2.13. The molecular weight excluding hydrogens is 498 g/mol. The van der Waals surface area contributed by atoms with Crippen LogP contribution in [0.3, 0.4) is 0 Å². The fraction of sp³-hybridized carbons (Fsp3) is 0.217. The summed E-state index contributed by atoms with van der Waals surface area (Å²) < 4.78 is 105. The van der Waals surface area contributed by atoms with Crippen LogP contribution in [-0.4, -0.2) is 29.9 Å². The molecule has 35 heavy (non-hydrogen) atoms. The number of amides is 1. The van der Waals surface area contributed by atoms with E-state index in [0.29, 0.717) is 24.0 Å². The van der Waals surface area contributed by atoms with Crippen LogP contribution >= 0.6 is 0 Å². The predicted molar refractivity (Wildman–Crippen MR) is 116 cm³/mol. The molecule has 3 aromatic rings. The molecule has 5 nitrogen and oxygen atoms in total. The first kappa shape index (κ1) is 26.2. The van der Waals surface area contributed by atoms with E-state index in [2.05, 4.69) is 4.98 Å². The maximum absolute atomic E-state index is 13.3. The molecule has 0 N–H and O–H groups in total. The Kier molecular flexibility index (Phi) is 6.98. The summed E-state index contributed by atoms with van der Waals surface area (Å²) in [4.78, 5) is 17.3. The lowest BCUT2D eigenvalue weighted by atomic mass is 9.97. The molecule has 1 heterocycles. The Morgan fingerprint density at radius 1 is 0.914 bits per heavy atom. The van der Waals surface area contributed by atoms with Crippen LogP contribution in [0.1, 0.15) is 32.6 Å². The smallest absolute Gasteiger partial charge is 0.268 e. The zero-order chi connectivity index (χ0) is 26.2. The summed E-state index contributed by atoms with van der Waals surface area (Å²) in [5.74, 6) is -1.13. The van der Waals surface area contributed by atoms with Crippen molar-refractivity contribution in [2.45, 2.75) is 25.8 Å². The van der Waals surface area contributed by atoms with Gasteiger partial charge >= 0.3 is 12.4 Å². The lowest BCUT2D eigenvalue weighted by molar-refractivity contribution is -0.143. The molecule has 2 aromatic carbocycles. The highest BCUT2D eigenvalue weighted by molar-refractivity contribution is 7.88. The number of benzene rings is 2. The maximum Gasteiger partial charge on any atom is 0.416 e. The van der Waals surface area contributed by atoms with E-state index in [1.165, 1.54) is 18.5 Å². The van der Waals surface area contributed by atoms with E-state index in [1.807, 2.05) is 0 Å². The number of hydrogen-bond donors (Lipinski definition) is 0. The molecule has 12 heteroatoms. The number of pyridine rings is 1. The molecule has 0 fully saturated rings. The average molecular weight is 516 g/mol. The molecule has 1 aromatic heterocycles. The van der Waals surface area contributed by atoms with Gasteiger partial charge in [0.2, 0.25) is 10.0 Å². The van der Waals surface area contributed by atoms with Crippen molar-refractivity contribution in [1.29, 1.82) is 0 Å². The van der Waals surface area contributed by atoms with Gasteiger partial charge in [-0.15, -0.1) is 0 Å². The van der Waals surface area contributed by atoms with Crippen molar-refractivity contribution in [2.24, 2.45) is 0 Å². The summed E-state index contributed by atoms with van der Waals surface area (Å²) in [7, 11) is -4.42. The van der Waals surface area contributed by atoms with Crippen molar-refractivity contribution in [2.75, 3.05) is 6.26 Å². The van der Waals surface area contributed by atoms with Gasteiger partial charge in [0.1, 0.15) is 0 Å². The first-order valence-electron chi connectivity index (χ1n) is 9.89. The molecule has 3 rings (SSSR count). The van der Waals surface area contributed by atoms with E-state index in [9.17, 15) is 39.6 Å². The van der Waals surface area contributed by atoms with Gasteiger partial charge in [0.15, 0.2) is 0 Å². The molecule has 0 radical (unpaired) electrons. The Hall–Kier alpha value is -3.41. The minimum Gasteiger partial charge on any atom is -0.268 e. The van der Waals surface area contributed by atoms with E-state index in [1.54, 1.807) is 31.2 Å². The summed E-state index contributed by atoms with van der Waals surface area (Å²) in [6, 6.07) is 8.75. The van der Waals surface area contributed by atoms with Crippen LogP contribution in [0.4, 0.5) is 26.3 Å². The van der Waals surface area contributed by atoms with E-state index in [0.717, 1.165) is 5.56 Å². The molecule has 0 aliphatic carbocycles. The second-order valence-electron chi connectivity index (χ2n) is 7.73. The topological polar surface area (TPSA) is 67.3 Å². The lowest BCUT2D eigenvalue weighted by Crippen LogP contribution is -2.36. The summed E-state index contributed by atoms with van der Waals surface area (Å²) in [6.45, 7) is 0.701. The van der Waals surface area contributed by atoms with Gasteiger partial charge < -0.3 is 0 Å². The van der Waals surface area contributed by atoms with Crippen LogP contribution in [0.25, 0.3) is 11.1 Å². The highest BCUT2D eigenvalue weighted by atomic mass is 32.2. The van der Waals surface area contributed by atoms with Crippen LogP contribution in [0.2, 0.25) is 0 Å². The molecule has 0 spiro atoms. The third-order valence-electron chi connectivity index (χ3n) is 5.09. The van der Waals surface area contributed by atoms with Gasteiger partial charge in [-0.3, -0.25) is 9.78 Å². The standard InChI is InChI=1S/C23H18F6N2O3S/c1-14-5-3-4-6-18(14)20-12-30-8-7-19(20)21(32)31(35(2,33)34)13-15-9-16(22(24,25)26)11-17(10-15)23(27,28)29/h3-12H,13H2,1-2H3. The van der Waals surface area contributed by atoms with E-state index in [4.69, 9.17) is 0 Å². The minimum absolute atomic E-state index is 0.0741. The normalized spacial score (nSPS) is 12.5. The molecule has 0 unspecified atom stereocenters. The third-order valence-corrected chi connectivity index (χ3v) is 6.18. The Morgan fingerprint density at radius 2 is 1.49 bits per heavy atom. The van der Waals surface area contributed by atoms with Crippen molar-refractivity contribution in [3.8, 4) is 11.1 Å². The van der Waals surface area contributed by atoms with Crippen LogP contribution in [0.15, 0.2) is 60.9 Å². The lowest BCUT2D eigenvalue weighted by Gasteiger charge is -2.23. The van der Waals surface area contributed by atoms with Crippen molar-refractivity contribution in [1.82, 2.24) is 9.29 Å². The van der Waals surface area contributed by atoms with Gasteiger partial charge in [0.05, 0.1) is 29.5 Å². The highest BCUT2D eigenvalue weighted by Crippen LogP contribution is 2.37. The fourth-order valence-corrected chi connectivity index (χ4v) is 4.20. The van der Waals surface area contributed by atoms with Gasteiger partial charge in [0.25, 0.3) is 5.91 Å². The second-order valence-corrected chi connectivity index (χ2v) is 9.63. The van der Waals surface area contributed by atoms with Crippen LogP contribution in [-0.2, 0) is 28.9 Å². The summed E-state index contributed by atoms with van der Waals surface area (Å²) >= 11 is 0. The highest BCUT2D eigenvalue weighted by Gasteiger charge is 2.37. The molecule has 0 aliphatic heterocycles. The molecule has 0 saturated carbocycles. The summed E-state index contributed by atoms with van der Waals surface area (Å²) in [6.07, 6.45) is -7.07. The Morgan fingerprint density at radius 3 is 2.00 bits per heavy atom. The van der Waals surface area contributed by atoms with Crippen molar-refractivity contribution in [3.05, 3.63) is 88.7 Å². The zero-order valence-electron chi connectivity index (χ0n) is 18.3. The maximum atomic E-state index is 13.3. The molecule has 0 bridgehead atoms. The first-order valence-corrected chi connectivity index (χ1v) is 11.7. The largest absolute Gasteiger partial charge is 0.416 e. The third kappa shape index (κ3) is 5.99. The number of aromatic nitrogens is 1. The number of sulfonamides is 1. The van der Waals surface area contributed by atoms with E-state index in [-0.39, 0.29) is 21.5 Å². The minimum atomic E-state index is -5.13. The fourth-order valence-electron chi connectivity index (χ4n) is 3.42. The number of nitrogens with zero attached hydrogens (tertiary/aromatic N) is 2. The van der Waals surface area contributed by atoms with Crippen LogP contribution in [0, 0.1) is 6.92 Å². The van der Waals surface area contributed by atoms with Gasteiger partial charge in [-0.2, -0.15) is 26.3 Å². The van der Waals surface area contributed by atoms with Crippen molar-refractivity contribution in [3.63, 3.8) is 0 Å². The van der Waals surface area contributed by atoms with Crippen LogP contribution < -0.4 is 0 Å². The number of aryl methyl sites for hydroxylation is 1. The summed E-state index contributed by atoms with van der Waals surface area (Å²) in [5.41, 5.74) is -2.49. The summed E-state index contributed by atoms with van der Waals surface area (Å²) in [5, 5.41) is 0. The van der Waals surface area contributed by atoms with E-state index < -0.39 is 51.5 Å². The van der Waals surface area contributed by atoms with Gasteiger partial charge in [-0.25, -0.2) is 12.7 Å². The molecule has 186 valence electrons. The number of halogens is 6. The SMILES string of the molecule is Cc1ccccc1-c1cnccc1C(=O)N(Cc1cc(C(F)(F)F)cc(C(F)(F)F)c1)S(C)(=O)=O. The van der Waals surface area contributed by atoms with Crippen molar-refractivity contribution >= 4 is 15.9 Å². The molecule has 0 aliphatic rings. The number of hydrogen-bond acceptors (Lipinski definition) is 4. The zero-order valence-corrected chi connectivity index (χ0v) is 19.1. The number of carbonyl (C=O) groups excluding carboxylic acids is 1. The average Bonchev–Trinajstić information content (AvgIpc) is 2.75. The molecule has 0 saturated heterocycles. The first-order chi connectivity index (χ1) is 16.1. The quantitative estimate of drug-likeness (QED) is 0.409. The van der Waals surface area contributed by atoms with Gasteiger partial charge in [-0.1, -0.05) is 24.3 Å². The van der Waals surface area contributed by atoms with Gasteiger partial charge in [-0.05, 0) is 47.9 Å². The molecule has 1 amide bonds. The number of carbonyl (C=O) groups is 1. The Bertz CT molecular complexity index is 1340. The number of alkyl halides is 6. The molecule has 0 atom stereocenters. The Labute approximate surface area is 197 Å². The van der Waals surface area contributed by atoms with Crippen LogP contribution in [0.5, 0.6) is 0 Å². The van der Waals surface area contributed by atoms with Crippen molar-refractivity contribution < 1.29 is 39.6 Å². The molecular formula is C23H18F6N2O3S. The van der Waals surface area contributed by atoms with Gasteiger partial charge in [0, 0.05) is 18.0 Å². The second kappa shape index (κ2) is 9.33. The monoisotopic (exact) mass is 516 g/mol.